The molecule has 0 bridgehead atoms. The first kappa shape index (κ1) is 14.8. The highest BCUT2D eigenvalue weighted by Crippen LogP contribution is 2.48. The van der Waals surface area contributed by atoms with Gasteiger partial charge in [-0.1, -0.05) is 13.8 Å². The number of hydrogen-bond donors (Lipinski definition) is 0. The summed E-state index contributed by atoms with van der Waals surface area (Å²) in [6.45, 7) is 12.0. The first-order chi connectivity index (χ1) is 9.56. The van der Waals surface area contributed by atoms with Crippen molar-refractivity contribution in [3.8, 4) is 0 Å². The van der Waals surface area contributed by atoms with Crippen LogP contribution in [0.15, 0.2) is 0 Å². The lowest BCUT2D eigenvalue weighted by atomic mass is 9.62. The maximum atomic E-state index is 6.06. The number of nitrogens with zero attached hydrogens (tertiary/aromatic N) is 2. The maximum absolute atomic E-state index is 6.06. The molecule has 3 aliphatic rings. The van der Waals surface area contributed by atoms with Crippen molar-refractivity contribution >= 4 is 0 Å². The zero-order chi connectivity index (χ0) is 14.2. The van der Waals surface area contributed by atoms with Crippen LogP contribution in [0, 0.1) is 17.3 Å². The molecule has 0 amide bonds. The molecule has 3 heteroatoms. The number of hydrogen-bond acceptors (Lipinski definition) is 3. The normalized spacial score (nSPS) is 28.8. The summed E-state index contributed by atoms with van der Waals surface area (Å²) in [5.74, 6) is 1.81. The Hall–Kier alpha value is -0.120. The molecule has 20 heavy (non-hydrogen) atoms. The average Bonchev–Trinajstić information content (AvgIpc) is 2.34. The smallest absolute Gasteiger partial charge is 0.0597 e. The Kier molecular flexibility index (Phi) is 4.40. The minimum absolute atomic E-state index is 0.567. The van der Waals surface area contributed by atoms with Gasteiger partial charge in [0.15, 0.2) is 0 Å². The van der Waals surface area contributed by atoms with Crippen molar-refractivity contribution in [2.24, 2.45) is 17.3 Å². The third-order valence-electron chi connectivity index (χ3n) is 5.87. The first-order valence-electron chi connectivity index (χ1n) is 8.59. The van der Waals surface area contributed by atoms with Crippen LogP contribution in [0.1, 0.15) is 39.5 Å². The van der Waals surface area contributed by atoms with Gasteiger partial charge in [0.05, 0.1) is 12.7 Å². The van der Waals surface area contributed by atoms with E-state index < -0.39 is 0 Å². The topological polar surface area (TPSA) is 15.7 Å². The van der Waals surface area contributed by atoms with Crippen molar-refractivity contribution in [3.05, 3.63) is 0 Å². The standard InChI is InChI=1S/C17H32N2O/c1-14(2)15-4-6-19(7-5-15)8-9-20-16-10-17(11-16)12-18(3)13-17/h14-16H,4-13H2,1-3H3. The van der Waals surface area contributed by atoms with Crippen LogP contribution in [0.2, 0.25) is 0 Å². The summed E-state index contributed by atoms with van der Waals surface area (Å²) < 4.78 is 6.06. The summed E-state index contributed by atoms with van der Waals surface area (Å²) >= 11 is 0. The van der Waals surface area contributed by atoms with E-state index >= 15 is 0 Å². The van der Waals surface area contributed by atoms with Crippen molar-refractivity contribution < 1.29 is 4.74 Å². The molecule has 0 N–H and O–H groups in total. The predicted octanol–water partition coefficient (Wildman–Crippen LogP) is 2.47. The largest absolute Gasteiger partial charge is 0.377 e. The minimum Gasteiger partial charge on any atom is -0.377 e. The lowest BCUT2D eigenvalue weighted by molar-refractivity contribution is -0.145. The highest BCUT2D eigenvalue weighted by atomic mass is 16.5. The van der Waals surface area contributed by atoms with Crippen molar-refractivity contribution in [2.75, 3.05) is 46.4 Å². The fourth-order valence-corrected chi connectivity index (χ4v) is 4.57. The van der Waals surface area contributed by atoms with Gasteiger partial charge in [-0.3, -0.25) is 0 Å². The molecular weight excluding hydrogens is 248 g/mol. The van der Waals surface area contributed by atoms with Gasteiger partial charge in [0, 0.05) is 25.0 Å². The van der Waals surface area contributed by atoms with Gasteiger partial charge < -0.3 is 14.5 Å². The number of ether oxygens (including phenoxy) is 1. The molecule has 0 aromatic heterocycles. The van der Waals surface area contributed by atoms with Gasteiger partial charge in [0.1, 0.15) is 0 Å². The van der Waals surface area contributed by atoms with Gasteiger partial charge in [-0.2, -0.15) is 0 Å². The van der Waals surface area contributed by atoms with Gasteiger partial charge in [-0.25, -0.2) is 0 Å². The summed E-state index contributed by atoms with van der Waals surface area (Å²) in [4.78, 5) is 5.03. The third kappa shape index (κ3) is 3.20. The van der Waals surface area contributed by atoms with Crippen LogP contribution in [0.5, 0.6) is 0 Å². The van der Waals surface area contributed by atoms with Crippen LogP contribution < -0.4 is 0 Å². The molecule has 0 unspecified atom stereocenters. The summed E-state index contributed by atoms with van der Waals surface area (Å²) in [5, 5.41) is 0. The zero-order valence-electron chi connectivity index (χ0n) is 13.6. The van der Waals surface area contributed by atoms with E-state index in [-0.39, 0.29) is 0 Å². The summed E-state index contributed by atoms with van der Waals surface area (Å²) in [6, 6.07) is 0. The van der Waals surface area contributed by atoms with E-state index in [9.17, 15) is 0 Å². The highest BCUT2D eigenvalue weighted by molar-refractivity contribution is 5.04. The van der Waals surface area contributed by atoms with E-state index in [1.54, 1.807) is 0 Å². The van der Waals surface area contributed by atoms with Crippen LogP contribution in [0.4, 0.5) is 0 Å². The van der Waals surface area contributed by atoms with Gasteiger partial charge in [0.2, 0.25) is 0 Å². The van der Waals surface area contributed by atoms with Crippen molar-refractivity contribution in [2.45, 2.75) is 45.6 Å². The number of rotatable bonds is 5. The zero-order valence-corrected chi connectivity index (χ0v) is 13.6. The van der Waals surface area contributed by atoms with Crippen LogP contribution in [0.25, 0.3) is 0 Å². The van der Waals surface area contributed by atoms with Crippen molar-refractivity contribution in [1.82, 2.24) is 9.80 Å². The van der Waals surface area contributed by atoms with E-state index in [0.717, 1.165) is 25.0 Å². The summed E-state index contributed by atoms with van der Waals surface area (Å²) in [6.07, 6.45) is 5.96. The van der Waals surface area contributed by atoms with E-state index in [0.29, 0.717) is 11.5 Å². The second kappa shape index (κ2) is 5.94. The van der Waals surface area contributed by atoms with Gasteiger partial charge in [-0.15, -0.1) is 0 Å². The lowest BCUT2D eigenvalue weighted by Crippen LogP contribution is -2.62. The Morgan fingerprint density at radius 1 is 1.15 bits per heavy atom. The Morgan fingerprint density at radius 2 is 1.80 bits per heavy atom. The molecule has 0 atom stereocenters. The molecule has 3 nitrogen and oxygen atoms in total. The maximum Gasteiger partial charge on any atom is 0.0597 e. The van der Waals surface area contributed by atoms with Crippen molar-refractivity contribution in [1.29, 1.82) is 0 Å². The molecule has 0 aromatic rings. The molecule has 2 aliphatic heterocycles. The monoisotopic (exact) mass is 280 g/mol. The molecular formula is C17H32N2O. The quantitative estimate of drug-likeness (QED) is 0.769. The molecule has 0 aromatic carbocycles. The molecule has 2 saturated heterocycles. The van der Waals surface area contributed by atoms with Crippen LogP contribution in [-0.4, -0.2) is 62.3 Å². The second-order valence-corrected chi connectivity index (χ2v) is 8.00. The van der Waals surface area contributed by atoms with Crippen LogP contribution in [0.3, 0.4) is 0 Å². The van der Waals surface area contributed by atoms with E-state index in [4.69, 9.17) is 4.74 Å². The van der Waals surface area contributed by atoms with E-state index in [2.05, 4.69) is 30.7 Å². The number of piperidine rings is 1. The molecule has 1 aliphatic carbocycles. The molecule has 116 valence electrons. The SMILES string of the molecule is CC(C)C1CCN(CCOC2CC3(C2)CN(C)C3)CC1. The second-order valence-electron chi connectivity index (χ2n) is 8.00. The average molecular weight is 280 g/mol. The predicted molar refractivity (Wildman–Crippen MR) is 82.9 cm³/mol. The van der Waals surface area contributed by atoms with Crippen molar-refractivity contribution in [3.63, 3.8) is 0 Å². The summed E-state index contributed by atoms with van der Waals surface area (Å²) in [5.41, 5.74) is 0.662. The Bertz CT molecular complexity index is 309. The van der Waals surface area contributed by atoms with E-state index in [1.807, 2.05) is 0 Å². The molecule has 3 fully saturated rings. The Labute approximate surface area is 124 Å². The third-order valence-corrected chi connectivity index (χ3v) is 5.87. The molecule has 2 heterocycles. The van der Waals surface area contributed by atoms with Gasteiger partial charge >= 0.3 is 0 Å². The van der Waals surface area contributed by atoms with E-state index in [1.165, 1.54) is 51.9 Å². The van der Waals surface area contributed by atoms with Crippen LogP contribution >= 0.6 is 0 Å². The highest BCUT2D eigenvalue weighted by Gasteiger charge is 2.51. The Morgan fingerprint density at radius 3 is 2.35 bits per heavy atom. The lowest BCUT2D eigenvalue weighted by Gasteiger charge is -2.58. The molecule has 1 spiro atoms. The van der Waals surface area contributed by atoms with Gasteiger partial charge in [0.25, 0.3) is 0 Å². The van der Waals surface area contributed by atoms with Gasteiger partial charge in [-0.05, 0) is 57.7 Å². The minimum atomic E-state index is 0.567. The molecule has 1 saturated carbocycles. The molecule has 3 rings (SSSR count). The fourth-order valence-electron chi connectivity index (χ4n) is 4.57. The fraction of sp³-hybridized carbons (Fsp3) is 1.00. The summed E-state index contributed by atoms with van der Waals surface area (Å²) in [7, 11) is 2.22. The number of likely N-dealkylation sites (tertiary alicyclic amines) is 2. The van der Waals surface area contributed by atoms with Crippen LogP contribution in [-0.2, 0) is 4.74 Å². The first-order valence-corrected chi connectivity index (χ1v) is 8.59. The Balaban J connectivity index is 1.25. The molecule has 0 radical (unpaired) electrons.